The molecular formula is C13H13ClN2O. The van der Waals surface area contributed by atoms with Crippen LogP contribution in [0, 0.1) is 11.3 Å². The number of rotatable bonds is 4. The lowest BCUT2D eigenvalue weighted by molar-refractivity contribution is -0.121. The van der Waals surface area contributed by atoms with Gasteiger partial charge in [-0.25, -0.2) is 0 Å². The average Bonchev–Trinajstić information content (AvgIpc) is 3.09. The van der Waals surface area contributed by atoms with Crippen LogP contribution in [0.4, 0.5) is 0 Å². The van der Waals surface area contributed by atoms with Crippen LogP contribution in [0.25, 0.3) is 0 Å². The summed E-state index contributed by atoms with van der Waals surface area (Å²) >= 11 is 5.77. The first-order valence-corrected chi connectivity index (χ1v) is 5.98. The molecule has 17 heavy (non-hydrogen) atoms. The molecular weight excluding hydrogens is 236 g/mol. The van der Waals surface area contributed by atoms with Crippen molar-refractivity contribution in [3.8, 4) is 6.07 Å². The van der Waals surface area contributed by atoms with E-state index in [4.69, 9.17) is 16.9 Å². The lowest BCUT2D eigenvalue weighted by atomic mass is 10.1. The van der Waals surface area contributed by atoms with Crippen LogP contribution in [0.5, 0.6) is 0 Å². The van der Waals surface area contributed by atoms with Crippen molar-refractivity contribution in [2.75, 3.05) is 0 Å². The molecule has 1 saturated carbocycles. The first kappa shape index (κ1) is 11.9. The second kappa shape index (κ2) is 4.77. The van der Waals surface area contributed by atoms with Gasteiger partial charge in [0.2, 0.25) is 5.91 Å². The molecule has 0 bridgehead atoms. The number of carbonyl (C=O) groups is 1. The number of hydrogen-bond donors (Lipinski definition) is 1. The van der Waals surface area contributed by atoms with E-state index >= 15 is 0 Å². The van der Waals surface area contributed by atoms with Gasteiger partial charge in [-0.2, -0.15) is 5.26 Å². The van der Waals surface area contributed by atoms with Gasteiger partial charge in [0.15, 0.2) is 0 Å². The first-order valence-electron chi connectivity index (χ1n) is 5.60. The zero-order valence-electron chi connectivity index (χ0n) is 9.37. The maximum Gasteiger partial charge on any atom is 0.221 e. The van der Waals surface area contributed by atoms with Crippen molar-refractivity contribution in [2.45, 2.75) is 31.2 Å². The summed E-state index contributed by atoms with van der Waals surface area (Å²) in [5.74, 6) is -0.0565. The number of nitrogens with one attached hydrogen (secondary N) is 1. The van der Waals surface area contributed by atoms with Crippen molar-refractivity contribution in [1.29, 1.82) is 5.26 Å². The van der Waals surface area contributed by atoms with E-state index < -0.39 is 5.54 Å². The molecule has 1 aromatic rings. The SMILES string of the molecule is N#CC1(NC(=O)CCc2ccc(Cl)cc2)CC1. The molecule has 0 unspecified atom stereocenters. The molecule has 0 saturated heterocycles. The van der Waals surface area contributed by atoms with Gasteiger partial charge in [-0.15, -0.1) is 0 Å². The highest BCUT2D eigenvalue weighted by molar-refractivity contribution is 6.30. The summed E-state index contributed by atoms with van der Waals surface area (Å²) in [4.78, 5) is 11.6. The van der Waals surface area contributed by atoms with Crippen molar-refractivity contribution in [1.82, 2.24) is 5.32 Å². The third-order valence-electron chi connectivity index (χ3n) is 2.90. The minimum Gasteiger partial charge on any atom is -0.338 e. The van der Waals surface area contributed by atoms with Crippen LogP contribution in [0.1, 0.15) is 24.8 Å². The van der Waals surface area contributed by atoms with E-state index in [9.17, 15) is 4.79 Å². The Hall–Kier alpha value is -1.53. The van der Waals surface area contributed by atoms with Gasteiger partial charge >= 0.3 is 0 Å². The average molecular weight is 249 g/mol. The molecule has 0 atom stereocenters. The quantitative estimate of drug-likeness (QED) is 0.890. The number of nitrogens with zero attached hydrogens (tertiary/aromatic N) is 1. The minimum absolute atomic E-state index is 0.0565. The molecule has 0 aromatic heterocycles. The topological polar surface area (TPSA) is 52.9 Å². The monoisotopic (exact) mass is 248 g/mol. The molecule has 1 aliphatic rings. The fourth-order valence-corrected chi connectivity index (χ4v) is 1.75. The van der Waals surface area contributed by atoms with E-state index in [1.807, 2.05) is 24.3 Å². The maximum atomic E-state index is 11.6. The van der Waals surface area contributed by atoms with Crippen molar-refractivity contribution in [3.05, 3.63) is 34.9 Å². The van der Waals surface area contributed by atoms with Gasteiger partial charge in [0.25, 0.3) is 0 Å². The van der Waals surface area contributed by atoms with Crippen LogP contribution in [-0.4, -0.2) is 11.4 Å². The number of halogens is 1. The van der Waals surface area contributed by atoms with E-state index in [0.717, 1.165) is 18.4 Å². The number of benzene rings is 1. The molecule has 0 spiro atoms. The van der Waals surface area contributed by atoms with Gasteiger partial charge in [0, 0.05) is 11.4 Å². The predicted molar refractivity (Wildman–Crippen MR) is 65.5 cm³/mol. The zero-order valence-corrected chi connectivity index (χ0v) is 10.1. The summed E-state index contributed by atoms with van der Waals surface area (Å²) in [5.41, 5.74) is 0.517. The molecule has 0 aliphatic heterocycles. The molecule has 0 radical (unpaired) electrons. The Labute approximate surface area is 105 Å². The molecule has 1 aromatic carbocycles. The Morgan fingerprint density at radius 3 is 2.59 bits per heavy atom. The Morgan fingerprint density at radius 1 is 1.41 bits per heavy atom. The molecule has 1 fully saturated rings. The number of aryl methyl sites for hydroxylation is 1. The van der Waals surface area contributed by atoms with E-state index in [1.165, 1.54) is 0 Å². The second-order valence-corrected chi connectivity index (χ2v) is 4.80. The number of carbonyl (C=O) groups excluding carboxylic acids is 1. The summed E-state index contributed by atoms with van der Waals surface area (Å²) in [6.07, 6.45) is 2.63. The van der Waals surface area contributed by atoms with Crippen LogP contribution in [0.15, 0.2) is 24.3 Å². The summed E-state index contributed by atoms with van der Waals surface area (Å²) in [7, 11) is 0. The van der Waals surface area contributed by atoms with Crippen molar-refractivity contribution in [2.24, 2.45) is 0 Å². The van der Waals surface area contributed by atoms with Gasteiger partial charge in [-0.1, -0.05) is 23.7 Å². The normalized spacial score (nSPS) is 16.0. The van der Waals surface area contributed by atoms with Gasteiger partial charge in [0.1, 0.15) is 5.54 Å². The highest BCUT2D eigenvalue weighted by Crippen LogP contribution is 2.34. The van der Waals surface area contributed by atoms with Crippen molar-refractivity contribution >= 4 is 17.5 Å². The van der Waals surface area contributed by atoms with Crippen LogP contribution < -0.4 is 5.32 Å². The maximum absolute atomic E-state index is 11.6. The minimum atomic E-state index is -0.558. The molecule has 1 N–H and O–H groups in total. The van der Waals surface area contributed by atoms with Crippen LogP contribution >= 0.6 is 11.6 Å². The first-order chi connectivity index (χ1) is 8.13. The van der Waals surface area contributed by atoms with Gasteiger partial charge in [-0.05, 0) is 37.0 Å². The molecule has 1 amide bonds. The zero-order chi connectivity index (χ0) is 12.3. The molecule has 88 valence electrons. The molecule has 4 heteroatoms. The van der Waals surface area contributed by atoms with E-state index in [-0.39, 0.29) is 5.91 Å². The molecule has 3 nitrogen and oxygen atoms in total. The highest BCUT2D eigenvalue weighted by Gasteiger charge is 2.44. The summed E-state index contributed by atoms with van der Waals surface area (Å²) in [5, 5.41) is 12.3. The largest absolute Gasteiger partial charge is 0.338 e. The number of nitriles is 1. The van der Waals surface area contributed by atoms with E-state index in [0.29, 0.717) is 17.9 Å². The lowest BCUT2D eigenvalue weighted by Gasteiger charge is -2.08. The highest BCUT2D eigenvalue weighted by atomic mass is 35.5. The lowest BCUT2D eigenvalue weighted by Crippen LogP contribution is -2.35. The third kappa shape index (κ3) is 3.21. The third-order valence-corrected chi connectivity index (χ3v) is 3.15. The van der Waals surface area contributed by atoms with E-state index in [1.54, 1.807) is 0 Å². The van der Waals surface area contributed by atoms with Crippen LogP contribution in [0.3, 0.4) is 0 Å². The second-order valence-electron chi connectivity index (χ2n) is 4.37. The van der Waals surface area contributed by atoms with E-state index in [2.05, 4.69) is 11.4 Å². The molecule has 0 heterocycles. The molecule has 2 rings (SSSR count). The number of hydrogen-bond acceptors (Lipinski definition) is 2. The Bertz CT molecular complexity index is 457. The van der Waals surface area contributed by atoms with Gasteiger partial charge in [-0.3, -0.25) is 4.79 Å². The van der Waals surface area contributed by atoms with Crippen LogP contribution in [-0.2, 0) is 11.2 Å². The van der Waals surface area contributed by atoms with Crippen molar-refractivity contribution in [3.63, 3.8) is 0 Å². The Kier molecular flexibility index (Phi) is 3.35. The standard InChI is InChI=1S/C13H13ClN2O/c14-11-4-1-10(2-5-11)3-6-12(17)16-13(9-15)7-8-13/h1-2,4-5H,3,6-8H2,(H,16,17). The predicted octanol–water partition coefficient (Wildman–Crippen LogP) is 2.44. The summed E-state index contributed by atoms with van der Waals surface area (Å²) < 4.78 is 0. The Balaban J connectivity index is 1.80. The molecule has 1 aliphatic carbocycles. The van der Waals surface area contributed by atoms with Crippen molar-refractivity contribution < 1.29 is 4.79 Å². The van der Waals surface area contributed by atoms with Gasteiger partial charge in [0.05, 0.1) is 6.07 Å². The Morgan fingerprint density at radius 2 is 2.06 bits per heavy atom. The fraction of sp³-hybridized carbons (Fsp3) is 0.385. The number of amides is 1. The fourth-order valence-electron chi connectivity index (χ4n) is 1.63. The van der Waals surface area contributed by atoms with Gasteiger partial charge < -0.3 is 5.32 Å². The smallest absolute Gasteiger partial charge is 0.221 e. The summed E-state index contributed by atoms with van der Waals surface area (Å²) in [6, 6.07) is 9.58. The van der Waals surface area contributed by atoms with Crippen LogP contribution in [0.2, 0.25) is 5.02 Å². The summed E-state index contributed by atoms with van der Waals surface area (Å²) in [6.45, 7) is 0.